The summed E-state index contributed by atoms with van der Waals surface area (Å²) in [7, 11) is 0. The van der Waals surface area contributed by atoms with E-state index in [2.05, 4.69) is 10.5 Å². The van der Waals surface area contributed by atoms with Gasteiger partial charge >= 0.3 is 0 Å². The molecule has 2 amide bonds. The van der Waals surface area contributed by atoms with Gasteiger partial charge in [-0.05, 0) is 29.7 Å². The average Bonchev–Trinajstić information content (AvgIpc) is 2.67. The number of nitrogens with zero attached hydrogens (tertiary/aromatic N) is 1. The van der Waals surface area contributed by atoms with Crippen LogP contribution in [-0.4, -0.2) is 22.0 Å². The Hall–Kier alpha value is -3.29. The molecule has 0 aliphatic carbocycles. The molecular formula is C18H15N3O4. The topological polar surface area (TPSA) is 101 Å². The van der Waals surface area contributed by atoms with Crippen LogP contribution < -0.4 is 11.0 Å². The van der Waals surface area contributed by atoms with Crippen LogP contribution >= 0.6 is 0 Å². The van der Waals surface area contributed by atoms with Crippen molar-refractivity contribution >= 4 is 22.6 Å². The van der Waals surface area contributed by atoms with Crippen molar-refractivity contribution in [1.29, 1.82) is 0 Å². The summed E-state index contributed by atoms with van der Waals surface area (Å²) >= 11 is 0. The number of fused-ring (bicyclic) bond motifs is 1. The molecule has 1 heterocycles. The molecule has 126 valence electrons. The molecule has 1 aromatic heterocycles. The summed E-state index contributed by atoms with van der Waals surface area (Å²) in [5, 5.41) is 10.6. The van der Waals surface area contributed by atoms with Crippen molar-refractivity contribution in [3.8, 4) is 0 Å². The zero-order valence-corrected chi connectivity index (χ0v) is 13.1. The summed E-state index contributed by atoms with van der Waals surface area (Å²) in [6.07, 6.45) is 3.46. The van der Waals surface area contributed by atoms with Crippen molar-refractivity contribution in [2.45, 2.75) is 6.61 Å². The Morgan fingerprint density at radius 1 is 0.960 bits per heavy atom. The maximum atomic E-state index is 12.0. The number of rotatable bonds is 5. The molecule has 7 nitrogen and oxygen atoms in total. The van der Waals surface area contributed by atoms with E-state index in [1.165, 1.54) is 29.7 Å². The monoisotopic (exact) mass is 337 g/mol. The minimum absolute atomic E-state index is 0.172. The number of hydrogen-bond donors (Lipinski definition) is 3. The number of benzene rings is 2. The van der Waals surface area contributed by atoms with Gasteiger partial charge in [0.2, 0.25) is 0 Å². The number of amides is 2. The third-order valence-corrected chi connectivity index (χ3v) is 3.65. The summed E-state index contributed by atoms with van der Waals surface area (Å²) in [4.78, 5) is 32.7. The van der Waals surface area contributed by atoms with Gasteiger partial charge in [0.05, 0.1) is 0 Å². The molecule has 3 aromatic rings. The number of carbonyl (C=O) groups is 2. The first-order chi connectivity index (χ1) is 12.2. The second-order valence-electron chi connectivity index (χ2n) is 5.26. The Balaban J connectivity index is 1.61. The van der Waals surface area contributed by atoms with Crippen molar-refractivity contribution in [2.75, 3.05) is 0 Å². The third-order valence-electron chi connectivity index (χ3n) is 3.65. The first-order valence-electron chi connectivity index (χ1n) is 7.47. The van der Waals surface area contributed by atoms with E-state index in [9.17, 15) is 9.59 Å². The zero-order chi connectivity index (χ0) is 17.6. The molecule has 7 heteroatoms. The first kappa shape index (κ1) is 16.6. The molecule has 0 saturated carbocycles. The van der Waals surface area contributed by atoms with Gasteiger partial charge in [-0.1, -0.05) is 24.3 Å². The lowest BCUT2D eigenvalue weighted by atomic mass is 10.1. The van der Waals surface area contributed by atoms with Gasteiger partial charge in [0.15, 0.2) is 0 Å². The predicted molar refractivity (Wildman–Crippen MR) is 89.7 cm³/mol. The lowest BCUT2D eigenvalue weighted by Crippen LogP contribution is -2.24. The molecule has 2 aromatic carbocycles. The molecule has 0 spiro atoms. The highest BCUT2D eigenvalue weighted by atomic mass is 16.6. The van der Waals surface area contributed by atoms with Crippen LogP contribution in [0.4, 0.5) is 0 Å². The molecular weight excluding hydrogens is 322 g/mol. The molecule has 0 aliphatic heterocycles. The maximum absolute atomic E-state index is 12.0. The van der Waals surface area contributed by atoms with Crippen LogP contribution in [0.25, 0.3) is 10.8 Å². The summed E-state index contributed by atoms with van der Waals surface area (Å²) in [6, 6.07) is 13.5. The van der Waals surface area contributed by atoms with Crippen LogP contribution in [0.3, 0.4) is 0 Å². The van der Waals surface area contributed by atoms with E-state index in [-0.39, 0.29) is 12.2 Å². The van der Waals surface area contributed by atoms with E-state index in [1.807, 2.05) is 24.3 Å². The van der Waals surface area contributed by atoms with E-state index < -0.39 is 11.8 Å². The van der Waals surface area contributed by atoms with E-state index in [1.54, 1.807) is 12.4 Å². The Bertz CT molecular complexity index is 904. The van der Waals surface area contributed by atoms with Crippen molar-refractivity contribution in [3.63, 3.8) is 0 Å². The lowest BCUT2D eigenvalue weighted by Gasteiger charge is -2.08. The number of pyridine rings is 1. The molecule has 0 unspecified atom stereocenters. The largest absolute Gasteiger partial charge is 0.288 e. The molecule has 3 N–H and O–H groups in total. The summed E-state index contributed by atoms with van der Waals surface area (Å²) in [6.45, 7) is 0.172. The van der Waals surface area contributed by atoms with Crippen LogP contribution in [0.2, 0.25) is 0 Å². The standard InChI is InChI=1S/C18H15N3O4/c22-17(20-24)12-5-7-13(8-6-12)18(23)21-25-11-15-10-19-9-14-3-1-2-4-16(14)15/h1-10,24H,11H2,(H,20,22)(H,21,23). The van der Waals surface area contributed by atoms with Gasteiger partial charge in [0, 0.05) is 34.5 Å². The maximum Gasteiger partial charge on any atom is 0.274 e. The van der Waals surface area contributed by atoms with Crippen LogP contribution in [-0.2, 0) is 11.4 Å². The van der Waals surface area contributed by atoms with Gasteiger partial charge in [-0.25, -0.2) is 11.0 Å². The van der Waals surface area contributed by atoms with Crippen molar-refractivity contribution in [3.05, 3.63) is 77.6 Å². The fourth-order valence-electron chi connectivity index (χ4n) is 2.37. The summed E-state index contributed by atoms with van der Waals surface area (Å²) in [5.41, 5.74) is 5.30. The Morgan fingerprint density at radius 3 is 2.36 bits per heavy atom. The second kappa shape index (κ2) is 7.52. The van der Waals surface area contributed by atoms with Crippen LogP contribution in [0.5, 0.6) is 0 Å². The average molecular weight is 337 g/mol. The molecule has 0 bridgehead atoms. The molecule has 3 rings (SSSR count). The van der Waals surface area contributed by atoms with Gasteiger partial charge in [-0.15, -0.1) is 0 Å². The Kier molecular flexibility index (Phi) is 4.98. The number of hydrogen-bond acceptors (Lipinski definition) is 5. The Morgan fingerprint density at radius 2 is 1.64 bits per heavy atom. The molecule has 0 saturated heterocycles. The highest BCUT2D eigenvalue weighted by Gasteiger charge is 2.09. The molecule has 0 radical (unpaired) electrons. The van der Waals surface area contributed by atoms with Crippen molar-refractivity contribution in [1.82, 2.24) is 15.9 Å². The van der Waals surface area contributed by atoms with Crippen LogP contribution in [0.15, 0.2) is 60.9 Å². The number of carbonyl (C=O) groups excluding carboxylic acids is 2. The van der Waals surface area contributed by atoms with Crippen LogP contribution in [0, 0.1) is 0 Å². The second-order valence-corrected chi connectivity index (χ2v) is 5.26. The minimum atomic E-state index is -0.647. The van der Waals surface area contributed by atoms with E-state index in [4.69, 9.17) is 10.0 Å². The van der Waals surface area contributed by atoms with E-state index >= 15 is 0 Å². The normalized spacial score (nSPS) is 10.4. The predicted octanol–water partition coefficient (Wildman–Crippen LogP) is 2.22. The molecule has 25 heavy (non-hydrogen) atoms. The lowest BCUT2D eigenvalue weighted by molar-refractivity contribution is 0.0236. The summed E-state index contributed by atoms with van der Waals surface area (Å²) < 4.78 is 0. The fraction of sp³-hybridized carbons (Fsp3) is 0.0556. The number of nitrogens with one attached hydrogen (secondary N) is 2. The number of aromatic nitrogens is 1. The van der Waals surface area contributed by atoms with Gasteiger partial charge < -0.3 is 0 Å². The SMILES string of the molecule is O=C(NO)c1ccc(C(=O)NOCc2cncc3ccccc23)cc1. The molecule has 0 fully saturated rings. The van der Waals surface area contributed by atoms with Gasteiger partial charge in [0.1, 0.15) is 6.61 Å². The first-order valence-corrected chi connectivity index (χ1v) is 7.47. The van der Waals surface area contributed by atoms with Gasteiger partial charge in [-0.2, -0.15) is 0 Å². The fourth-order valence-corrected chi connectivity index (χ4v) is 2.37. The highest BCUT2D eigenvalue weighted by Crippen LogP contribution is 2.17. The third kappa shape index (κ3) is 3.79. The van der Waals surface area contributed by atoms with Gasteiger partial charge in [-0.3, -0.25) is 24.6 Å². The quantitative estimate of drug-likeness (QED) is 0.489. The van der Waals surface area contributed by atoms with Crippen molar-refractivity contribution in [2.24, 2.45) is 0 Å². The molecule has 0 aliphatic rings. The smallest absolute Gasteiger partial charge is 0.274 e. The summed E-state index contributed by atoms with van der Waals surface area (Å²) in [5.74, 6) is -1.09. The van der Waals surface area contributed by atoms with Crippen molar-refractivity contribution < 1.29 is 19.6 Å². The molecule has 0 atom stereocenters. The van der Waals surface area contributed by atoms with Gasteiger partial charge in [0.25, 0.3) is 11.8 Å². The highest BCUT2D eigenvalue weighted by molar-refractivity contribution is 5.97. The van der Waals surface area contributed by atoms with E-state index in [0.29, 0.717) is 5.56 Å². The minimum Gasteiger partial charge on any atom is -0.288 e. The number of hydroxylamine groups is 2. The van der Waals surface area contributed by atoms with Crippen LogP contribution in [0.1, 0.15) is 26.3 Å². The van der Waals surface area contributed by atoms with E-state index in [0.717, 1.165) is 16.3 Å². The zero-order valence-electron chi connectivity index (χ0n) is 13.1. The Labute approximate surface area is 143 Å².